The van der Waals surface area contributed by atoms with Crippen LogP contribution in [0.3, 0.4) is 0 Å². The summed E-state index contributed by atoms with van der Waals surface area (Å²) in [6.07, 6.45) is 1.60. The molecule has 9 heteroatoms. The smallest absolute Gasteiger partial charge is 0.250 e. The summed E-state index contributed by atoms with van der Waals surface area (Å²) >= 11 is 10.7. The van der Waals surface area contributed by atoms with Gasteiger partial charge in [0.25, 0.3) is 5.91 Å². The molecule has 0 radical (unpaired) electrons. The summed E-state index contributed by atoms with van der Waals surface area (Å²) in [6, 6.07) is 24.8. The second-order valence-electron chi connectivity index (χ2n) is 6.62. The summed E-state index contributed by atoms with van der Waals surface area (Å²) in [5.41, 5.74) is 5.21. The molecule has 0 aliphatic rings. The molecule has 0 bridgehead atoms. The van der Waals surface area contributed by atoms with E-state index in [9.17, 15) is 4.79 Å². The molecule has 0 fully saturated rings. The van der Waals surface area contributed by atoms with Crippen molar-refractivity contribution in [3.05, 3.63) is 93.9 Å². The lowest BCUT2D eigenvalue weighted by Gasteiger charge is -2.10. The predicted octanol–water partition coefficient (Wildman–Crippen LogP) is 5.59. The molecule has 0 saturated carbocycles. The number of para-hydroxylation sites is 1. The van der Waals surface area contributed by atoms with E-state index in [4.69, 9.17) is 11.6 Å². The van der Waals surface area contributed by atoms with E-state index in [-0.39, 0.29) is 11.7 Å². The van der Waals surface area contributed by atoms with Crippen molar-refractivity contribution < 1.29 is 4.79 Å². The Morgan fingerprint density at radius 2 is 1.75 bits per heavy atom. The fourth-order valence-corrected chi connectivity index (χ4v) is 3.98. The van der Waals surface area contributed by atoms with E-state index in [1.165, 1.54) is 11.8 Å². The van der Waals surface area contributed by atoms with Gasteiger partial charge >= 0.3 is 0 Å². The Hall–Kier alpha value is -2.94. The Morgan fingerprint density at radius 3 is 2.47 bits per heavy atom. The first kappa shape index (κ1) is 22.3. The summed E-state index contributed by atoms with van der Waals surface area (Å²) in [5, 5.41) is 14.0. The number of benzene rings is 3. The fraction of sp³-hybridized carbons (Fsp3) is 0.0435. The second kappa shape index (κ2) is 10.6. The van der Waals surface area contributed by atoms with E-state index in [0.29, 0.717) is 16.0 Å². The van der Waals surface area contributed by atoms with Crippen LogP contribution in [0.25, 0.3) is 17.1 Å². The van der Waals surface area contributed by atoms with Crippen LogP contribution in [-0.2, 0) is 4.79 Å². The molecule has 32 heavy (non-hydrogen) atoms. The molecular formula is C23H17BrClN5OS. The largest absolute Gasteiger partial charge is 0.272 e. The quantitative estimate of drug-likeness (QED) is 0.193. The molecule has 4 aromatic rings. The van der Waals surface area contributed by atoms with E-state index in [1.807, 2.05) is 83.4 Å². The standard InChI is InChI=1S/C23H17BrClN5OS/c24-18-10-6-16(7-11-18)14-26-27-21(31)15-32-23-29-28-22(17-8-12-19(25)13-9-17)30(23)20-4-2-1-3-5-20/h1-14H,15H2,(H,27,31)/b26-14+. The van der Waals surface area contributed by atoms with Crippen LogP contribution in [0.15, 0.2) is 93.6 Å². The third kappa shape index (κ3) is 5.64. The average molecular weight is 527 g/mol. The number of amides is 1. The first-order valence-electron chi connectivity index (χ1n) is 9.57. The molecule has 1 N–H and O–H groups in total. The lowest BCUT2D eigenvalue weighted by molar-refractivity contribution is -0.118. The molecule has 6 nitrogen and oxygen atoms in total. The minimum atomic E-state index is -0.237. The van der Waals surface area contributed by atoms with E-state index >= 15 is 0 Å². The number of hydrazone groups is 1. The number of halogens is 2. The lowest BCUT2D eigenvalue weighted by Crippen LogP contribution is -2.20. The molecule has 0 atom stereocenters. The number of thioether (sulfide) groups is 1. The Balaban J connectivity index is 1.49. The highest BCUT2D eigenvalue weighted by atomic mass is 79.9. The van der Waals surface area contributed by atoms with Gasteiger partial charge in [0.05, 0.1) is 12.0 Å². The van der Waals surface area contributed by atoms with Gasteiger partial charge in [0.2, 0.25) is 0 Å². The number of carbonyl (C=O) groups excluding carboxylic acids is 1. The molecule has 4 rings (SSSR count). The van der Waals surface area contributed by atoms with Crippen LogP contribution in [0, 0.1) is 0 Å². The van der Waals surface area contributed by atoms with Crippen LogP contribution in [-0.4, -0.2) is 32.6 Å². The monoisotopic (exact) mass is 525 g/mol. The summed E-state index contributed by atoms with van der Waals surface area (Å²) in [6.45, 7) is 0. The third-order valence-electron chi connectivity index (χ3n) is 4.36. The second-order valence-corrected chi connectivity index (χ2v) is 8.91. The Bertz CT molecular complexity index is 1230. The summed E-state index contributed by atoms with van der Waals surface area (Å²) in [7, 11) is 0. The van der Waals surface area contributed by atoms with Gasteiger partial charge in [-0.25, -0.2) is 5.43 Å². The zero-order chi connectivity index (χ0) is 22.3. The van der Waals surface area contributed by atoms with Crippen molar-refractivity contribution in [2.45, 2.75) is 5.16 Å². The molecule has 0 aliphatic heterocycles. The highest BCUT2D eigenvalue weighted by molar-refractivity contribution is 9.10. The number of nitrogens with zero attached hydrogens (tertiary/aromatic N) is 4. The van der Waals surface area contributed by atoms with Gasteiger partial charge in [-0.15, -0.1) is 10.2 Å². The van der Waals surface area contributed by atoms with Crippen molar-refractivity contribution in [2.75, 3.05) is 5.75 Å². The topological polar surface area (TPSA) is 72.2 Å². The van der Waals surface area contributed by atoms with Gasteiger partial charge in [-0.3, -0.25) is 9.36 Å². The molecule has 1 amide bonds. The van der Waals surface area contributed by atoms with Crippen LogP contribution in [0.2, 0.25) is 5.02 Å². The van der Waals surface area contributed by atoms with Crippen molar-refractivity contribution in [2.24, 2.45) is 5.10 Å². The average Bonchev–Trinajstić information content (AvgIpc) is 3.24. The van der Waals surface area contributed by atoms with Gasteiger partial charge in [0.1, 0.15) is 0 Å². The van der Waals surface area contributed by atoms with Gasteiger partial charge in [-0.1, -0.05) is 69.6 Å². The number of hydrogen-bond donors (Lipinski definition) is 1. The van der Waals surface area contributed by atoms with Crippen molar-refractivity contribution in [1.82, 2.24) is 20.2 Å². The van der Waals surface area contributed by atoms with Gasteiger partial charge in [-0.2, -0.15) is 5.10 Å². The van der Waals surface area contributed by atoms with E-state index in [2.05, 4.69) is 36.7 Å². The molecule has 0 aliphatic carbocycles. The van der Waals surface area contributed by atoms with Gasteiger partial charge < -0.3 is 0 Å². The summed E-state index contributed by atoms with van der Waals surface area (Å²) in [4.78, 5) is 12.3. The van der Waals surface area contributed by atoms with Crippen LogP contribution < -0.4 is 5.43 Å². The Morgan fingerprint density at radius 1 is 1.03 bits per heavy atom. The fourth-order valence-electron chi connectivity index (χ4n) is 2.85. The van der Waals surface area contributed by atoms with Crippen LogP contribution >= 0.6 is 39.3 Å². The molecule has 1 aromatic heterocycles. The SMILES string of the molecule is O=C(CSc1nnc(-c2ccc(Cl)cc2)n1-c1ccccc1)N/N=C/c1ccc(Br)cc1. The van der Waals surface area contributed by atoms with Crippen LogP contribution in [0.5, 0.6) is 0 Å². The maximum atomic E-state index is 12.3. The minimum Gasteiger partial charge on any atom is -0.272 e. The number of hydrogen-bond acceptors (Lipinski definition) is 5. The number of carbonyl (C=O) groups is 1. The lowest BCUT2D eigenvalue weighted by atomic mass is 10.2. The van der Waals surface area contributed by atoms with Crippen LogP contribution in [0.4, 0.5) is 0 Å². The van der Waals surface area contributed by atoms with Crippen LogP contribution in [0.1, 0.15) is 5.56 Å². The molecular weight excluding hydrogens is 510 g/mol. The normalized spacial score (nSPS) is 11.1. The molecule has 1 heterocycles. The number of aromatic nitrogens is 3. The zero-order valence-electron chi connectivity index (χ0n) is 16.7. The van der Waals surface area contributed by atoms with Crippen molar-refractivity contribution in [1.29, 1.82) is 0 Å². The first-order valence-corrected chi connectivity index (χ1v) is 11.7. The first-order chi connectivity index (χ1) is 15.6. The molecule has 160 valence electrons. The van der Waals surface area contributed by atoms with Gasteiger partial charge in [-0.05, 0) is 54.1 Å². The summed E-state index contributed by atoms with van der Waals surface area (Å²) in [5.74, 6) is 0.576. The van der Waals surface area contributed by atoms with E-state index in [1.54, 1.807) is 6.21 Å². The molecule has 0 spiro atoms. The van der Waals surface area contributed by atoms with Crippen molar-refractivity contribution in [3.8, 4) is 17.1 Å². The minimum absolute atomic E-state index is 0.142. The van der Waals surface area contributed by atoms with E-state index < -0.39 is 0 Å². The summed E-state index contributed by atoms with van der Waals surface area (Å²) < 4.78 is 2.90. The highest BCUT2D eigenvalue weighted by Crippen LogP contribution is 2.28. The maximum Gasteiger partial charge on any atom is 0.250 e. The Kier molecular flexibility index (Phi) is 7.36. The maximum absolute atomic E-state index is 12.3. The Labute approximate surface area is 202 Å². The molecule has 0 saturated heterocycles. The van der Waals surface area contributed by atoms with Crippen molar-refractivity contribution >= 4 is 51.4 Å². The van der Waals surface area contributed by atoms with Gasteiger partial charge in [0.15, 0.2) is 11.0 Å². The molecule has 0 unspecified atom stereocenters. The molecule has 3 aromatic carbocycles. The highest BCUT2D eigenvalue weighted by Gasteiger charge is 2.17. The number of rotatable bonds is 7. The zero-order valence-corrected chi connectivity index (χ0v) is 19.8. The third-order valence-corrected chi connectivity index (χ3v) is 6.07. The predicted molar refractivity (Wildman–Crippen MR) is 132 cm³/mol. The van der Waals surface area contributed by atoms with Gasteiger partial charge in [0, 0.05) is 20.7 Å². The number of nitrogens with one attached hydrogen (secondary N) is 1. The van der Waals surface area contributed by atoms with E-state index in [0.717, 1.165) is 21.3 Å². The van der Waals surface area contributed by atoms with Crippen molar-refractivity contribution in [3.63, 3.8) is 0 Å².